The first kappa shape index (κ1) is 20.1. The van der Waals surface area contributed by atoms with Crippen LogP contribution < -0.4 is 4.74 Å². The third kappa shape index (κ3) is 4.42. The first-order valence-electron chi connectivity index (χ1n) is 8.77. The predicted octanol–water partition coefficient (Wildman–Crippen LogP) is 5.96. The molecule has 0 unspecified atom stereocenters. The number of fused-ring (bicyclic) bond motifs is 1. The summed E-state index contributed by atoms with van der Waals surface area (Å²) in [6.45, 7) is 0. The number of alkyl halides is 3. The van der Waals surface area contributed by atoms with Gasteiger partial charge in [-0.15, -0.1) is 25.6 Å². The van der Waals surface area contributed by atoms with Crippen molar-refractivity contribution < 1.29 is 17.9 Å². The lowest BCUT2D eigenvalue weighted by Crippen LogP contribution is -2.16. The Kier molecular flexibility index (Phi) is 5.84. The minimum absolute atomic E-state index is 0. The summed E-state index contributed by atoms with van der Waals surface area (Å²) in [6, 6.07) is 9.51. The zero-order valence-electron chi connectivity index (χ0n) is 14.8. The molecule has 0 atom stereocenters. The van der Waals surface area contributed by atoms with Gasteiger partial charge in [0.2, 0.25) is 0 Å². The molecule has 148 valence electrons. The standard InChI is InChI=1S/C20H18F3N3O.ClH/c21-20(22,23)27-14-9-7-13(8-10-14)25-12-18-15-4-1-2-5-16(15)19(26-18)17-6-3-11-24-17;/h3,6-12,24,26H,1-2,4-5H2;1H. The van der Waals surface area contributed by atoms with Crippen molar-refractivity contribution in [3.8, 4) is 17.1 Å². The van der Waals surface area contributed by atoms with Crippen molar-refractivity contribution in [2.24, 2.45) is 4.99 Å². The number of nitrogens with zero attached hydrogens (tertiary/aromatic N) is 1. The van der Waals surface area contributed by atoms with Gasteiger partial charge in [0.25, 0.3) is 0 Å². The molecule has 1 aliphatic rings. The van der Waals surface area contributed by atoms with E-state index in [0.29, 0.717) is 5.69 Å². The average Bonchev–Trinajstić information content (AvgIpc) is 3.28. The Bertz CT molecular complexity index is 944. The van der Waals surface area contributed by atoms with Crippen molar-refractivity contribution in [3.63, 3.8) is 0 Å². The van der Waals surface area contributed by atoms with Gasteiger partial charge in [-0.3, -0.25) is 4.99 Å². The van der Waals surface area contributed by atoms with Gasteiger partial charge in [0, 0.05) is 6.20 Å². The highest BCUT2D eigenvalue weighted by Crippen LogP contribution is 2.33. The van der Waals surface area contributed by atoms with Crippen molar-refractivity contribution in [2.45, 2.75) is 32.0 Å². The van der Waals surface area contributed by atoms with Gasteiger partial charge in [0.15, 0.2) is 0 Å². The number of hydrogen-bond donors (Lipinski definition) is 2. The predicted molar refractivity (Wildman–Crippen MR) is 105 cm³/mol. The van der Waals surface area contributed by atoms with Crippen LogP contribution in [0.2, 0.25) is 0 Å². The van der Waals surface area contributed by atoms with Crippen molar-refractivity contribution >= 4 is 24.3 Å². The highest BCUT2D eigenvalue weighted by molar-refractivity contribution is 5.86. The summed E-state index contributed by atoms with van der Waals surface area (Å²) in [5, 5.41) is 0. The molecule has 28 heavy (non-hydrogen) atoms. The lowest BCUT2D eigenvalue weighted by atomic mass is 9.91. The lowest BCUT2D eigenvalue weighted by Gasteiger charge is -2.12. The van der Waals surface area contributed by atoms with E-state index in [4.69, 9.17) is 0 Å². The van der Waals surface area contributed by atoms with Crippen LogP contribution >= 0.6 is 12.4 Å². The molecule has 0 saturated carbocycles. The quantitative estimate of drug-likeness (QED) is 0.513. The third-order valence-corrected chi connectivity index (χ3v) is 4.63. The van der Waals surface area contributed by atoms with E-state index in [2.05, 4.69) is 19.7 Å². The molecule has 2 N–H and O–H groups in total. The van der Waals surface area contributed by atoms with Crippen molar-refractivity contribution in [3.05, 3.63) is 59.4 Å². The minimum atomic E-state index is -4.69. The fraction of sp³-hybridized carbons (Fsp3) is 0.250. The van der Waals surface area contributed by atoms with E-state index in [1.165, 1.54) is 35.4 Å². The Morgan fingerprint density at radius 2 is 1.71 bits per heavy atom. The van der Waals surface area contributed by atoms with E-state index in [0.717, 1.165) is 42.8 Å². The second kappa shape index (κ2) is 8.14. The highest BCUT2D eigenvalue weighted by atomic mass is 35.5. The van der Waals surface area contributed by atoms with Gasteiger partial charge >= 0.3 is 6.36 Å². The summed E-state index contributed by atoms with van der Waals surface area (Å²) in [4.78, 5) is 11.1. The summed E-state index contributed by atoms with van der Waals surface area (Å²) < 4.78 is 40.6. The molecule has 0 fully saturated rings. The molecule has 1 aromatic carbocycles. The van der Waals surface area contributed by atoms with Crippen LogP contribution in [0.25, 0.3) is 11.4 Å². The highest BCUT2D eigenvalue weighted by Gasteiger charge is 2.30. The van der Waals surface area contributed by atoms with E-state index in [1.807, 2.05) is 18.3 Å². The maximum absolute atomic E-state index is 12.2. The first-order chi connectivity index (χ1) is 13.0. The monoisotopic (exact) mass is 409 g/mol. The Labute approximate surface area is 166 Å². The Morgan fingerprint density at radius 1 is 1.00 bits per heavy atom. The second-order valence-corrected chi connectivity index (χ2v) is 6.46. The van der Waals surface area contributed by atoms with Crippen molar-refractivity contribution in [1.82, 2.24) is 9.97 Å². The van der Waals surface area contributed by atoms with Gasteiger partial charge in [0.1, 0.15) is 5.75 Å². The molecule has 0 saturated heterocycles. The van der Waals surface area contributed by atoms with Crippen LogP contribution in [0.5, 0.6) is 5.75 Å². The molecule has 0 spiro atoms. The topological polar surface area (TPSA) is 53.2 Å². The van der Waals surface area contributed by atoms with E-state index >= 15 is 0 Å². The molecule has 1 aliphatic carbocycles. The Balaban J connectivity index is 0.00000225. The molecule has 0 radical (unpaired) electrons. The molecule has 4 nitrogen and oxygen atoms in total. The van der Waals surface area contributed by atoms with E-state index in [-0.39, 0.29) is 18.2 Å². The molecular weight excluding hydrogens is 391 g/mol. The molecule has 0 bridgehead atoms. The number of aliphatic imine (C=N–C) groups is 1. The Hall–Kier alpha value is -2.67. The lowest BCUT2D eigenvalue weighted by molar-refractivity contribution is -0.274. The number of halogens is 4. The van der Waals surface area contributed by atoms with E-state index in [1.54, 1.807) is 6.21 Å². The number of aromatic nitrogens is 2. The molecule has 0 amide bonds. The maximum Gasteiger partial charge on any atom is 0.573 e. The van der Waals surface area contributed by atoms with Gasteiger partial charge in [0.05, 0.1) is 29.0 Å². The normalized spacial score (nSPS) is 14.0. The van der Waals surface area contributed by atoms with E-state index in [9.17, 15) is 13.2 Å². The van der Waals surface area contributed by atoms with Crippen LogP contribution in [0.3, 0.4) is 0 Å². The summed E-state index contributed by atoms with van der Waals surface area (Å²) in [5.41, 5.74) is 6.23. The number of benzene rings is 1. The SMILES string of the molecule is Cl.FC(F)(F)Oc1ccc(N=Cc2[nH]c(-c3ccc[nH]3)c3c2CCCC3)cc1. The van der Waals surface area contributed by atoms with Crippen molar-refractivity contribution in [1.29, 1.82) is 0 Å². The van der Waals surface area contributed by atoms with Gasteiger partial charge in [-0.2, -0.15) is 0 Å². The van der Waals surface area contributed by atoms with Gasteiger partial charge in [-0.05, 0) is 73.2 Å². The number of nitrogens with one attached hydrogen (secondary N) is 2. The average molecular weight is 410 g/mol. The van der Waals surface area contributed by atoms with Crippen LogP contribution in [0.4, 0.5) is 18.9 Å². The van der Waals surface area contributed by atoms with Gasteiger partial charge in [-0.1, -0.05) is 0 Å². The van der Waals surface area contributed by atoms with Crippen LogP contribution in [0, 0.1) is 0 Å². The zero-order valence-corrected chi connectivity index (χ0v) is 15.7. The number of hydrogen-bond acceptors (Lipinski definition) is 2. The molecule has 0 aliphatic heterocycles. The molecule has 8 heteroatoms. The fourth-order valence-corrected chi connectivity index (χ4v) is 3.46. The van der Waals surface area contributed by atoms with Crippen LogP contribution in [0.1, 0.15) is 29.7 Å². The molecule has 3 aromatic rings. The fourth-order valence-electron chi connectivity index (χ4n) is 3.46. The third-order valence-electron chi connectivity index (χ3n) is 4.63. The molecule has 4 rings (SSSR count). The summed E-state index contributed by atoms with van der Waals surface area (Å²) in [5.74, 6) is -0.257. The maximum atomic E-state index is 12.2. The number of H-pyrrole nitrogens is 2. The smallest absolute Gasteiger partial charge is 0.406 e. The molecule has 2 aromatic heterocycles. The van der Waals surface area contributed by atoms with Crippen LogP contribution in [-0.2, 0) is 12.8 Å². The van der Waals surface area contributed by atoms with E-state index < -0.39 is 6.36 Å². The number of aromatic amines is 2. The number of ether oxygens (including phenoxy) is 1. The van der Waals surface area contributed by atoms with Gasteiger partial charge in [-0.25, -0.2) is 0 Å². The van der Waals surface area contributed by atoms with Gasteiger partial charge < -0.3 is 14.7 Å². The molecule has 2 heterocycles. The zero-order chi connectivity index (χ0) is 18.9. The first-order valence-corrected chi connectivity index (χ1v) is 8.77. The van der Waals surface area contributed by atoms with Crippen LogP contribution in [-0.4, -0.2) is 22.5 Å². The van der Waals surface area contributed by atoms with Crippen molar-refractivity contribution in [2.75, 3.05) is 0 Å². The summed E-state index contributed by atoms with van der Waals surface area (Å²) in [6.07, 6.45) is 3.27. The summed E-state index contributed by atoms with van der Waals surface area (Å²) >= 11 is 0. The van der Waals surface area contributed by atoms with Crippen LogP contribution in [0.15, 0.2) is 47.6 Å². The number of rotatable bonds is 4. The minimum Gasteiger partial charge on any atom is -0.406 e. The Morgan fingerprint density at radius 3 is 2.36 bits per heavy atom. The largest absolute Gasteiger partial charge is 0.573 e. The second-order valence-electron chi connectivity index (χ2n) is 6.46. The molecular formula is C20H19ClF3N3O. The summed E-state index contributed by atoms with van der Waals surface area (Å²) in [7, 11) is 0.